The van der Waals surface area contributed by atoms with Gasteiger partial charge in [0, 0.05) is 4.90 Å². The van der Waals surface area contributed by atoms with Gasteiger partial charge in [-0.1, -0.05) is 18.2 Å². The van der Waals surface area contributed by atoms with Crippen LogP contribution in [0.2, 0.25) is 0 Å². The number of aromatic nitrogens is 1. The van der Waals surface area contributed by atoms with E-state index in [9.17, 15) is 0 Å². The van der Waals surface area contributed by atoms with Gasteiger partial charge in [0.15, 0.2) is 0 Å². The van der Waals surface area contributed by atoms with Crippen LogP contribution in [0.25, 0.3) is 0 Å². The molecule has 0 saturated heterocycles. The number of rotatable bonds is 3. The molecule has 0 spiro atoms. The molecule has 2 N–H and O–H groups in total. The van der Waals surface area contributed by atoms with Gasteiger partial charge in [-0.05, 0) is 30.8 Å². The fourth-order valence-corrected chi connectivity index (χ4v) is 2.04. The zero-order chi connectivity index (χ0) is 10.7. The molecule has 1 aromatic carbocycles. The van der Waals surface area contributed by atoms with E-state index in [1.807, 2.05) is 37.3 Å². The van der Waals surface area contributed by atoms with Crippen LogP contribution in [0.5, 0.6) is 0 Å². The summed E-state index contributed by atoms with van der Waals surface area (Å²) in [6.45, 7) is 2.30. The molecule has 1 heterocycles. The van der Waals surface area contributed by atoms with E-state index in [0.717, 1.165) is 16.3 Å². The normalized spacial score (nSPS) is 10.5. The zero-order valence-corrected chi connectivity index (χ0v) is 9.25. The van der Waals surface area contributed by atoms with E-state index in [0.29, 0.717) is 11.8 Å². The Kier molecular flexibility index (Phi) is 3.08. The third kappa shape index (κ3) is 2.40. The van der Waals surface area contributed by atoms with Crippen LogP contribution in [-0.4, -0.2) is 4.98 Å². The lowest BCUT2D eigenvalue weighted by Gasteiger charge is -1.94. The molecule has 2 rings (SSSR count). The molecule has 0 fully saturated rings. The molecule has 0 aliphatic heterocycles. The van der Waals surface area contributed by atoms with Crippen LogP contribution in [0, 0.1) is 6.92 Å². The lowest BCUT2D eigenvalue weighted by Crippen LogP contribution is -1.95. The summed E-state index contributed by atoms with van der Waals surface area (Å²) in [4.78, 5) is 5.41. The van der Waals surface area contributed by atoms with Crippen LogP contribution >= 0.6 is 11.8 Å². The number of benzene rings is 1. The smallest absolute Gasteiger partial charge is 0.261 e. The van der Waals surface area contributed by atoms with Crippen molar-refractivity contribution >= 4 is 11.8 Å². The van der Waals surface area contributed by atoms with E-state index in [-0.39, 0.29) is 0 Å². The predicted octanol–water partition coefficient (Wildman–Crippen LogP) is 2.59. The van der Waals surface area contributed by atoms with E-state index in [4.69, 9.17) is 10.2 Å². The summed E-state index contributed by atoms with van der Waals surface area (Å²) in [6.07, 6.45) is 0. The maximum Gasteiger partial charge on any atom is 0.261 e. The Morgan fingerprint density at radius 2 is 2.07 bits per heavy atom. The van der Waals surface area contributed by atoms with Crippen molar-refractivity contribution in [2.45, 2.75) is 23.6 Å². The Morgan fingerprint density at radius 3 is 2.67 bits per heavy atom. The monoisotopic (exact) mass is 220 g/mol. The van der Waals surface area contributed by atoms with E-state index in [1.165, 1.54) is 11.8 Å². The zero-order valence-electron chi connectivity index (χ0n) is 8.43. The highest BCUT2D eigenvalue weighted by Gasteiger charge is 2.08. The first-order valence-corrected chi connectivity index (χ1v) is 5.50. The fourth-order valence-electron chi connectivity index (χ4n) is 1.22. The van der Waals surface area contributed by atoms with Crippen molar-refractivity contribution in [2.24, 2.45) is 5.73 Å². The molecule has 4 heteroatoms. The minimum atomic E-state index is 0.397. The molecule has 0 radical (unpaired) electrons. The molecule has 0 aliphatic carbocycles. The average molecular weight is 220 g/mol. The van der Waals surface area contributed by atoms with Gasteiger partial charge in [0.1, 0.15) is 5.76 Å². The summed E-state index contributed by atoms with van der Waals surface area (Å²) >= 11 is 1.50. The summed E-state index contributed by atoms with van der Waals surface area (Å²) in [5.41, 5.74) is 6.39. The number of nitrogens with two attached hydrogens (primary N) is 1. The second kappa shape index (κ2) is 4.51. The van der Waals surface area contributed by atoms with Crippen LogP contribution in [0.4, 0.5) is 0 Å². The van der Waals surface area contributed by atoms with Gasteiger partial charge in [-0.3, -0.25) is 0 Å². The lowest BCUT2D eigenvalue weighted by atomic mass is 10.4. The summed E-state index contributed by atoms with van der Waals surface area (Å²) in [6, 6.07) is 10.00. The molecule has 15 heavy (non-hydrogen) atoms. The molecule has 1 aromatic heterocycles. The topological polar surface area (TPSA) is 52.0 Å². The van der Waals surface area contributed by atoms with Gasteiger partial charge < -0.3 is 10.2 Å². The molecule has 0 aliphatic rings. The first-order chi connectivity index (χ1) is 7.29. The highest BCUT2D eigenvalue weighted by atomic mass is 32.2. The van der Waals surface area contributed by atoms with Gasteiger partial charge >= 0.3 is 0 Å². The van der Waals surface area contributed by atoms with Crippen LogP contribution in [-0.2, 0) is 6.54 Å². The van der Waals surface area contributed by atoms with Crippen molar-refractivity contribution < 1.29 is 4.42 Å². The van der Waals surface area contributed by atoms with E-state index < -0.39 is 0 Å². The third-order valence-electron chi connectivity index (χ3n) is 2.01. The van der Waals surface area contributed by atoms with Crippen molar-refractivity contribution in [3.8, 4) is 0 Å². The summed E-state index contributed by atoms with van der Waals surface area (Å²) in [5, 5.41) is 0.652. The van der Waals surface area contributed by atoms with Crippen molar-refractivity contribution in [1.29, 1.82) is 0 Å². The second-order valence-electron chi connectivity index (χ2n) is 3.11. The summed E-state index contributed by atoms with van der Waals surface area (Å²) < 4.78 is 5.49. The standard InChI is InChI=1S/C11H12N2OS/c1-8-10(7-12)14-11(13-8)15-9-5-3-2-4-6-9/h2-6H,7,12H2,1H3. The minimum absolute atomic E-state index is 0.397. The fraction of sp³-hybridized carbons (Fsp3) is 0.182. The maximum atomic E-state index is 5.51. The van der Waals surface area contributed by atoms with Crippen molar-refractivity contribution in [1.82, 2.24) is 4.98 Å². The molecule has 0 saturated carbocycles. The predicted molar refractivity (Wildman–Crippen MR) is 59.7 cm³/mol. The highest BCUT2D eigenvalue weighted by molar-refractivity contribution is 7.99. The minimum Gasteiger partial charge on any atom is -0.435 e. The number of nitrogens with zero attached hydrogens (tertiary/aromatic N) is 1. The highest BCUT2D eigenvalue weighted by Crippen LogP contribution is 2.27. The van der Waals surface area contributed by atoms with Crippen molar-refractivity contribution in [3.05, 3.63) is 41.8 Å². The van der Waals surface area contributed by atoms with Gasteiger partial charge in [0.25, 0.3) is 5.22 Å². The van der Waals surface area contributed by atoms with E-state index in [1.54, 1.807) is 0 Å². The Hall–Kier alpha value is -1.26. The first kappa shape index (κ1) is 10.3. The largest absolute Gasteiger partial charge is 0.435 e. The number of oxazole rings is 1. The molecule has 2 aromatic rings. The average Bonchev–Trinajstić information content (AvgIpc) is 2.60. The van der Waals surface area contributed by atoms with Crippen LogP contribution in [0.3, 0.4) is 0 Å². The SMILES string of the molecule is Cc1nc(Sc2ccccc2)oc1CN. The molecular weight excluding hydrogens is 208 g/mol. The van der Waals surface area contributed by atoms with E-state index in [2.05, 4.69) is 4.98 Å². The Labute approximate surface area is 92.7 Å². The molecule has 0 amide bonds. The van der Waals surface area contributed by atoms with E-state index >= 15 is 0 Å². The molecule has 3 nitrogen and oxygen atoms in total. The van der Waals surface area contributed by atoms with Crippen molar-refractivity contribution in [3.63, 3.8) is 0 Å². The van der Waals surface area contributed by atoms with Crippen molar-refractivity contribution in [2.75, 3.05) is 0 Å². The van der Waals surface area contributed by atoms with Gasteiger partial charge in [0.2, 0.25) is 0 Å². The Morgan fingerprint density at radius 1 is 1.33 bits per heavy atom. The lowest BCUT2D eigenvalue weighted by molar-refractivity contribution is 0.417. The number of hydrogen-bond acceptors (Lipinski definition) is 4. The van der Waals surface area contributed by atoms with Gasteiger partial charge in [0.05, 0.1) is 12.2 Å². The maximum absolute atomic E-state index is 5.51. The quantitative estimate of drug-likeness (QED) is 0.863. The Bertz CT molecular complexity index is 439. The third-order valence-corrected chi connectivity index (χ3v) is 2.86. The summed E-state index contributed by atoms with van der Waals surface area (Å²) in [5.74, 6) is 0.758. The molecule has 0 atom stereocenters. The molecule has 0 unspecified atom stereocenters. The molecular formula is C11H12N2OS. The summed E-state index contributed by atoms with van der Waals surface area (Å²) in [7, 11) is 0. The van der Waals surface area contributed by atoms with Gasteiger partial charge in [-0.25, -0.2) is 4.98 Å². The molecule has 78 valence electrons. The van der Waals surface area contributed by atoms with Gasteiger partial charge in [-0.15, -0.1) is 0 Å². The number of hydrogen-bond donors (Lipinski definition) is 1. The number of aryl methyl sites for hydroxylation is 1. The molecule has 0 bridgehead atoms. The van der Waals surface area contributed by atoms with Crippen LogP contribution in [0.15, 0.2) is 44.9 Å². The van der Waals surface area contributed by atoms with Crippen LogP contribution in [0.1, 0.15) is 11.5 Å². The van der Waals surface area contributed by atoms with Crippen LogP contribution < -0.4 is 5.73 Å². The Balaban J connectivity index is 2.18. The second-order valence-corrected chi connectivity index (χ2v) is 4.13. The first-order valence-electron chi connectivity index (χ1n) is 4.69. The van der Waals surface area contributed by atoms with Gasteiger partial charge in [-0.2, -0.15) is 0 Å².